The van der Waals surface area contributed by atoms with E-state index in [0.717, 1.165) is 25.1 Å². The summed E-state index contributed by atoms with van der Waals surface area (Å²) in [4.78, 5) is 6.93. The van der Waals surface area contributed by atoms with Crippen molar-refractivity contribution in [1.82, 2.24) is 4.90 Å². The Hall–Kier alpha value is -2.19. The maximum Gasteiger partial charge on any atom is 0.0557 e. The van der Waals surface area contributed by atoms with Crippen molar-refractivity contribution in [3.05, 3.63) is 83.5 Å². The molecule has 0 saturated heterocycles. The summed E-state index contributed by atoms with van der Waals surface area (Å²) in [5.74, 6) is 0. The molecule has 0 N–H and O–H groups in total. The molecule has 1 aliphatic rings. The highest BCUT2D eigenvalue weighted by Gasteiger charge is 2.19. The highest BCUT2D eigenvalue weighted by atomic mass is 15.1. The normalized spacial score (nSPS) is 18.4. The first kappa shape index (κ1) is 19.1. The molecular formula is C23H30N2. The van der Waals surface area contributed by atoms with E-state index in [1.807, 2.05) is 19.2 Å². The summed E-state index contributed by atoms with van der Waals surface area (Å²) >= 11 is 0. The zero-order valence-corrected chi connectivity index (χ0v) is 16.0. The lowest BCUT2D eigenvalue weighted by Crippen LogP contribution is -2.36. The largest absolute Gasteiger partial charge is 0.294 e. The highest BCUT2D eigenvalue weighted by Crippen LogP contribution is 2.25. The Bertz CT molecular complexity index is 719. The van der Waals surface area contributed by atoms with E-state index in [9.17, 15) is 0 Å². The molecule has 2 rings (SSSR count). The van der Waals surface area contributed by atoms with Crippen molar-refractivity contribution in [2.24, 2.45) is 4.99 Å². The summed E-state index contributed by atoms with van der Waals surface area (Å²) in [5, 5.41) is 0. The number of aryl methyl sites for hydroxylation is 1. The van der Waals surface area contributed by atoms with Gasteiger partial charge in [0.1, 0.15) is 0 Å². The van der Waals surface area contributed by atoms with Crippen LogP contribution in [0.2, 0.25) is 0 Å². The van der Waals surface area contributed by atoms with Gasteiger partial charge in [-0.3, -0.25) is 9.89 Å². The summed E-state index contributed by atoms with van der Waals surface area (Å²) in [6.45, 7) is 8.96. The fraction of sp³-hybridized carbons (Fsp3) is 0.348. The van der Waals surface area contributed by atoms with Crippen LogP contribution >= 0.6 is 0 Å². The minimum Gasteiger partial charge on any atom is -0.294 e. The second-order valence-corrected chi connectivity index (χ2v) is 6.56. The molecule has 0 spiro atoms. The van der Waals surface area contributed by atoms with E-state index >= 15 is 0 Å². The van der Waals surface area contributed by atoms with Crippen molar-refractivity contribution in [3.63, 3.8) is 0 Å². The molecule has 0 saturated carbocycles. The van der Waals surface area contributed by atoms with E-state index < -0.39 is 0 Å². The number of hydrogen-bond acceptors (Lipinski definition) is 2. The number of hydrogen-bond donors (Lipinski definition) is 0. The smallest absolute Gasteiger partial charge is 0.0557 e. The predicted octanol–water partition coefficient (Wildman–Crippen LogP) is 5.12. The second kappa shape index (κ2) is 9.33. The Balaban J connectivity index is 2.15. The van der Waals surface area contributed by atoms with Crippen LogP contribution in [0.25, 0.3) is 0 Å². The lowest BCUT2D eigenvalue weighted by molar-refractivity contribution is 0.318. The van der Waals surface area contributed by atoms with Crippen LogP contribution in [0.5, 0.6) is 0 Å². The first-order valence-electron chi connectivity index (χ1n) is 9.02. The van der Waals surface area contributed by atoms with Crippen molar-refractivity contribution >= 4 is 5.71 Å². The standard InChI is InChI=1S/C23H30N2/c1-6-8-11-20-16-22(14-13-19(20)7-2)25(5)17-23(24-4)21-12-9-10-18(3)15-21/h6,8-13,15-16,22H,1,7,14,17H2,2-5H3/b11-8-,24-23?. The average Bonchev–Trinajstić information content (AvgIpc) is 2.63. The lowest BCUT2D eigenvalue weighted by atomic mass is 9.92. The topological polar surface area (TPSA) is 15.6 Å². The molecule has 2 heteroatoms. The Kier molecular flexibility index (Phi) is 7.15. The summed E-state index contributed by atoms with van der Waals surface area (Å²) in [6.07, 6.45) is 12.9. The number of rotatable bonds is 7. The lowest BCUT2D eigenvalue weighted by Gasteiger charge is -2.29. The predicted molar refractivity (Wildman–Crippen MR) is 110 cm³/mol. The SMILES string of the molecule is C=C/C=C\C1=CC(N(C)CC(=NC)c2cccc(C)c2)CC=C1CC. The van der Waals surface area contributed by atoms with Crippen LogP contribution in [-0.4, -0.2) is 37.3 Å². The molecule has 1 aromatic carbocycles. The molecule has 1 unspecified atom stereocenters. The Morgan fingerprint density at radius 1 is 1.40 bits per heavy atom. The molecule has 1 aliphatic carbocycles. The molecule has 1 aromatic rings. The monoisotopic (exact) mass is 334 g/mol. The molecular weight excluding hydrogens is 304 g/mol. The Morgan fingerprint density at radius 2 is 2.20 bits per heavy atom. The van der Waals surface area contributed by atoms with E-state index in [0.29, 0.717) is 6.04 Å². The summed E-state index contributed by atoms with van der Waals surface area (Å²) in [5.41, 5.74) is 6.35. The second-order valence-electron chi connectivity index (χ2n) is 6.56. The molecule has 0 aromatic heterocycles. The fourth-order valence-electron chi connectivity index (χ4n) is 3.22. The highest BCUT2D eigenvalue weighted by molar-refractivity contribution is 6.02. The molecule has 0 aliphatic heterocycles. The van der Waals surface area contributed by atoms with Crippen molar-refractivity contribution < 1.29 is 0 Å². The van der Waals surface area contributed by atoms with Crippen LogP contribution in [0.3, 0.4) is 0 Å². The molecule has 0 heterocycles. The molecule has 0 bridgehead atoms. The number of likely N-dealkylation sites (N-methyl/N-ethyl adjacent to an activating group) is 1. The third kappa shape index (κ3) is 5.14. The van der Waals surface area contributed by atoms with Gasteiger partial charge in [-0.2, -0.15) is 0 Å². The van der Waals surface area contributed by atoms with Gasteiger partial charge in [0.2, 0.25) is 0 Å². The number of aliphatic imine (C=N–C) groups is 1. The quantitative estimate of drug-likeness (QED) is 0.499. The summed E-state index contributed by atoms with van der Waals surface area (Å²) < 4.78 is 0. The molecule has 0 radical (unpaired) electrons. The van der Waals surface area contributed by atoms with Gasteiger partial charge in [0.05, 0.1) is 5.71 Å². The summed E-state index contributed by atoms with van der Waals surface area (Å²) in [7, 11) is 4.07. The maximum atomic E-state index is 4.55. The third-order valence-corrected chi connectivity index (χ3v) is 4.73. The van der Waals surface area contributed by atoms with E-state index in [4.69, 9.17) is 0 Å². The van der Waals surface area contributed by atoms with E-state index in [1.165, 1.54) is 22.3 Å². The first-order valence-corrected chi connectivity index (χ1v) is 9.02. The van der Waals surface area contributed by atoms with Crippen LogP contribution < -0.4 is 0 Å². The molecule has 1 atom stereocenters. The average molecular weight is 335 g/mol. The van der Waals surface area contributed by atoms with E-state index in [1.54, 1.807) is 0 Å². The maximum absolute atomic E-state index is 4.55. The fourth-order valence-corrected chi connectivity index (χ4v) is 3.22. The van der Waals surface area contributed by atoms with Gasteiger partial charge in [-0.15, -0.1) is 0 Å². The van der Waals surface area contributed by atoms with Gasteiger partial charge in [0.15, 0.2) is 0 Å². The van der Waals surface area contributed by atoms with Crippen LogP contribution in [0.15, 0.2) is 77.4 Å². The van der Waals surface area contributed by atoms with Gasteiger partial charge >= 0.3 is 0 Å². The zero-order chi connectivity index (χ0) is 18.2. The molecule has 0 fully saturated rings. The summed E-state index contributed by atoms with van der Waals surface area (Å²) in [6, 6.07) is 8.97. The van der Waals surface area contributed by atoms with Gasteiger partial charge in [-0.05, 0) is 43.5 Å². The van der Waals surface area contributed by atoms with Gasteiger partial charge in [0.25, 0.3) is 0 Å². The van der Waals surface area contributed by atoms with Gasteiger partial charge in [-0.1, -0.05) is 73.7 Å². The number of nitrogens with zero attached hydrogens (tertiary/aromatic N) is 2. The molecule has 0 amide bonds. The molecule has 2 nitrogen and oxygen atoms in total. The van der Waals surface area contributed by atoms with Gasteiger partial charge in [-0.25, -0.2) is 0 Å². The minimum atomic E-state index is 0.390. The number of allylic oxidation sites excluding steroid dienone is 5. The number of benzene rings is 1. The van der Waals surface area contributed by atoms with Crippen molar-refractivity contribution in [2.75, 3.05) is 20.6 Å². The van der Waals surface area contributed by atoms with Crippen LogP contribution in [0, 0.1) is 6.92 Å². The minimum absolute atomic E-state index is 0.390. The van der Waals surface area contributed by atoms with Gasteiger partial charge < -0.3 is 0 Å². The van der Waals surface area contributed by atoms with Crippen LogP contribution in [0.4, 0.5) is 0 Å². The van der Waals surface area contributed by atoms with Crippen LogP contribution in [0.1, 0.15) is 30.9 Å². The van der Waals surface area contributed by atoms with Crippen molar-refractivity contribution in [3.8, 4) is 0 Å². The Labute approximate surface area is 153 Å². The zero-order valence-electron chi connectivity index (χ0n) is 16.0. The Morgan fingerprint density at radius 3 is 2.84 bits per heavy atom. The van der Waals surface area contributed by atoms with E-state index in [-0.39, 0.29) is 0 Å². The van der Waals surface area contributed by atoms with Crippen molar-refractivity contribution in [1.29, 1.82) is 0 Å². The van der Waals surface area contributed by atoms with Crippen molar-refractivity contribution in [2.45, 2.75) is 32.7 Å². The molecule has 25 heavy (non-hydrogen) atoms. The van der Waals surface area contributed by atoms with Gasteiger partial charge in [0, 0.05) is 19.6 Å². The molecule has 132 valence electrons. The van der Waals surface area contributed by atoms with Crippen LogP contribution in [-0.2, 0) is 0 Å². The first-order chi connectivity index (χ1) is 12.1. The third-order valence-electron chi connectivity index (χ3n) is 4.73. The van der Waals surface area contributed by atoms with E-state index in [2.05, 4.69) is 79.9 Å².